The second-order valence-electron chi connectivity index (χ2n) is 3.66. The summed E-state index contributed by atoms with van der Waals surface area (Å²) in [4.78, 5) is 0. The molecule has 1 aromatic rings. The van der Waals surface area contributed by atoms with Crippen LogP contribution in [0.3, 0.4) is 0 Å². The van der Waals surface area contributed by atoms with Gasteiger partial charge in [0, 0.05) is 6.61 Å². The van der Waals surface area contributed by atoms with Gasteiger partial charge in [-0.25, -0.2) is 0 Å². The number of aryl methyl sites for hydroxylation is 1. The summed E-state index contributed by atoms with van der Waals surface area (Å²) in [7, 11) is 0. The van der Waals surface area contributed by atoms with E-state index >= 15 is 0 Å². The molecule has 0 aliphatic carbocycles. The van der Waals surface area contributed by atoms with Crippen LogP contribution in [-0.4, -0.2) is 24.9 Å². The highest BCUT2D eigenvalue weighted by molar-refractivity contribution is 5.20. The minimum atomic E-state index is -0.0526. The van der Waals surface area contributed by atoms with Gasteiger partial charge in [-0.1, -0.05) is 0 Å². The minimum Gasteiger partial charge on any atom is -0.466 e. The van der Waals surface area contributed by atoms with E-state index < -0.39 is 0 Å². The van der Waals surface area contributed by atoms with Crippen LogP contribution in [0.1, 0.15) is 17.9 Å². The van der Waals surface area contributed by atoms with Crippen LogP contribution in [0.5, 0.6) is 0 Å². The molecule has 1 aromatic heterocycles. The van der Waals surface area contributed by atoms with E-state index in [2.05, 4.69) is 0 Å². The fourth-order valence-corrected chi connectivity index (χ4v) is 1.69. The van der Waals surface area contributed by atoms with Gasteiger partial charge < -0.3 is 14.3 Å². The van der Waals surface area contributed by atoms with Crippen molar-refractivity contribution in [3.63, 3.8) is 0 Å². The molecule has 0 unspecified atom stereocenters. The summed E-state index contributed by atoms with van der Waals surface area (Å²) in [5.41, 5.74) is -0.0526. The first-order valence-electron chi connectivity index (χ1n) is 4.52. The number of aliphatic hydroxyl groups is 1. The van der Waals surface area contributed by atoms with Crippen LogP contribution in [0.15, 0.2) is 16.5 Å². The van der Waals surface area contributed by atoms with Gasteiger partial charge in [-0.2, -0.15) is 0 Å². The maximum atomic E-state index is 8.94. The summed E-state index contributed by atoms with van der Waals surface area (Å²) in [6.45, 7) is 3.44. The van der Waals surface area contributed by atoms with Crippen molar-refractivity contribution in [2.24, 2.45) is 0 Å². The number of hydrogen-bond donors (Lipinski definition) is 1. The zero-order chi connectivity index (χ0) is 9.31. The molecule has 1 aliphatic heterocycles. The standard InChI is InChI=1S/C10H14O3/c1-8-2-3-9(13-8)10(4-5-11)6-12-7-10/h2-3,11H,4-7H2,1H3. The molecule has 2 heterocycles. The van der Waals surface area contributed by atoms with Gasteiger partial charge in [-0.3, -0.25) is 0 Å². The van der Waals surface area contributed by atoms with Gasteiger partial charge >= 0.3 is 0 Å². The van der Waals surface area contributed by atoms with Crippen LogP contribution < -0.4 is 0 Å². The maximum absolute atomic E-state index is 8.94. The summed E-state index contributed by atoms with van der Waals surface area (Å²) in [5, 5.41) is 8.94. The highest BCUT2D eigenvalue weighted by Crippen LogP contribution is 2.36. The SMILES string of the molecule is Cc1ccc(C2(CCO)COC2)o1. The Kier molecular flexibility index (Phi) is 2.14. The summed E-state index contributed by atoms with van der Waals surface area (Å²) in [5.74, 6) is 1.87. The zero-order valence-electron chi connectivity index (χ0n) is 7.75. The molecule has 0 amide bonds. The Morgan fingerprint density at radius 3 is 2.62 bits per heavy atom. The molecular weight excluding hydrogens is 168 g/mol. The van der Waals surface area contributed by atoms with Crippen molar-refractivity contribution >= 4 is 0 Å². The average Bonchev–Trinajstić information content (AvgIpc) is 2.44. The number of furan rings is 1. The molecule has 0 spiro atoms. The van der Waals surface area contributed by atoms with Crippen LogP contribution in [0.2, 0.25) is 0 Å². The van der Waals surface area contributed by atoms with Gasteiger partial charge in [-0.05, 0) is 25.5 Å². The quantitative estimate of drug-likeness (QED) is 0.764. The predicted octanol–water partition coefficient (Wildman–Crippen LogP) is 1.24. The molecule has 1 saturated heterocycles. The molecule has 3 heteroatoms. The molecule has 3 nitrogen and oxygen atoms in total. The van der Waals surface area contributed by atoms with Crippen molar-refractivity contribution in [3.8, 4) is 0 Å². The lowest BCUT2D eigenvalue weighted by Gasteiger charge is -2.39. The van der Waals surface area contributed by atoms with Crippen LogP contribution in [0.25, 0.3) is 0 Å². The second-order valence-corrected chi connectivity index (χ2v) is 3.66. The Balaban J connectivity index is 2.21. The topological polar surface area (TPSA) is 42.6 Å². The molecule has 2 rings (SSSR count). The first kappa shape index (κ1) is 8.78. The number of ether oxygens (including phenoxy) is 1. The largest absolute Gasteiger partial charge is 0.466 e. The molecule has 1 aliphatic rings. The third kappa shape index (κ3) is 1.38. The lowest BCUT2D eigenvalue weighted by Crippen LogP contribution is -2.47. The van der Waals surface area contributed by atoms with Gasteiger partial charge in [-0.15, -0.1) is 0 Å². The Labute approximate surface area is 77.3 Å². The first-order chi connectivity index (χ1) is 6.27. The average molecular weight is 182 g/mol. The molecule has 1 fully saturated rings. The predicted molar refractivity (Wildman–Crippen MR) is 47.6 cm³/mol. The first-order valence-corrected chi connectivity index (χ1v) is 4.52. The molecule has 0 saturated carbocycles. The van der Waals surface area contributed by atoms with Crippen LogP contribution >= 0.6 is 0 Å². The van der Waals surface area contributed by atoms with E-state index in [0.29, 0.717) is 13.2 Å². The molecule has 13 heavy (non-hydrogen) atoms. The molecule has 0 atom stereocenters. The van der Waals surface area contributed by atoms with Gasteiger partial charge in [0.05, 0.1) is 18.6 Å². The van der Waals surface area contributed by atoms with Gasteiger partial charge in [0.1, 0.15) is 11.5 Å². The molecule has 0 bridgehead atoms. The summed E-state index contributed by atoms with van der Waals surface area (Å²) < 4.78 is 10.7. The van der Waals surface area contributed by atoms with Gasteiger partial charge in [0.25, 0.3) is 0 Å². The fraction of sp³-hybridized carbons (Fsp3) is 0.600. The van der Waals surface area contributed by atoms with Crippen LogP contribution in [-0.2, 0) is 10.2 Å². The van der Waals surface area contributed by atoms with E-state index in [9.17, 15) is 0 Å². The molecule has 72 valence electrons. The molecule has 0 radical (unpaired) electrons. The highest BCUT2D eigenvalue weighted by atomic mass is 16.5. The molecular formula is C10H14O3. The van der Waals surface area contributed by atoms with E-state index in [4.69, 9.17) is 14.3 Å². The Bertz CT molecular complexity index is 286. The maximum Gasteiger partial charge on any atom is 0.115 e. The molecule has 1 N–H and O–H groups in total. The number of aliphatic hydroxyl groups excluding tert-OH is 1. The lowest BCUT2D eigenvalue weighted by atomic mass is 9.80. The van der Waals surface area contributed by atoms with Gasteiger partial charge in [0.2, 0.25) is 0 Å². The normalized spacial score (nSPS) is 19.8. The number of hydrogen-bond acceptors (Lipinski definition) is 3. The summed E-state index contributed by atoms with van der Waals surface area (Å²) in [6.07, 6.45) is 0.722. The third-order valence-electron chi connectivity index (χ3n) is 2.61. The third-order valence-corrected chi connectivity index (χ3v) is 2.61. The Hall–Kier alpha value is -0.800. The van der Waals surface area contributed by atoms with E-state index in [1.807, 2.05) is 19.1 Å². The van der Waals surface area contributed by atoms with E-state index in [1.54, 1.807) is 0 Å². The van der Waals surface area contributed by atoms with Crippen molar-refractivity contribution in [2.75, 3.05) is 19.8 Å². The van der Waals surface area contributed by atoms with Gasteiger partial charge in [0.15, 0.2) is 0 Å². The Morgan fingerprint density at radius 2 is 2.23 bits per heavy atom. The monoisotopic (exact) mass is 182 g/mol. The second kappa shape index (κ2) is 3.16. The zero-order valence-corrected chi connectivity index (χ0v) is 7.75. The van der Waals surface area contributed by atoms with E-state index in [0.717, 1.165) is 17.9 Å². The van der Waals surface area contributed by atoms with Crippen LogP contribution in [0, 0.1) is 6.92 Å². The minimum absolute atomic E-state index is 0.0526. The van der Waals surface area contributed by atoms with E-state index in [-0.39, 0.29) is 12.0 Å². The van der Waals surface area contributed by atoms with E-state index in [1.165, 1.54) is 0 Å². The smallest absolute Gasteiger partial charge is 0.115 e. The molecule has 0 aromatic carbocycles. The highest BCUT2D eigenvalue weighted by Gasteiger charge is 2.42. The van der Waals surface area contributed by atoms with Crippen LogP contribution in [0.4, 0.5) is 0 Å². The van der Waals surface area contributed by atoms with Crippen molar-refractivity contribution in [1.29, 1.82) is 0 Å². The van der Waals surface area contributed by atoms with Crippen molar-refractivity contribution < 1.29 is 14.3 Å². The van der Waals surface area contributed by atoms with Crippen molar-refractivity contribution in [3.05, 3.63) is 23.7 Å². The fourth-order valence-electron chi connectivity index (χ4n) is 1.69. The lowest BCUT2D eigenvalue weighted by molar-refractivity contribution is -0.0800. The van der Waals surface area contributed by atoms with Crippen molar-refractivity contribution in [1.82, 2.24) is 0 Å². The Morgan fingerprint density at radius 1 is 1.46 bits per heavy atom. The summed E-state index contributed by atoms with van der Waals surface area (Å²) in [6, 6.07) is 3.93. The summed E-state index contributed by atoms with van der Waals surface area (Å²) >= 11 is 0. The van der Waals surface area contributed by atoms with Crippen molar-refractivity contribution in [2.45, 2.75) is 18.8 Å². The number of rotatable bonds is 3.